The molecule has 10 heteroatoms. The molecule has 9 nitrogen and oxygen atoms in total. The van der Waals surface area contributed by atoms with Crippen molar-refractivity contribution in [3.05, 3.63) is 71.9 Å². The van der Waals surface area contributed by atoms with Gasteiger partial charge in [-0.05, 0) is 29.8 Å². The molecular weight excluding hydrogens is 394 g/mol. The molecule has 0 fully saturated rings. The zero-order valence-electron chi connectivity index (χ0n) is 15.5. The first-order valence-electron chi connectivity index (χ1n) is 8.51. The largest absolute Gasteiger partial charge is 0.383 e. The summed E-state index contributed by atoms with van der Waals surface area (Å²) in [6.07, 6.45) is 2.31. The van der Waals surface area contributed by atoms with E-state index in [0.29, 0.717) is 18.1 Å². The summed E-state index contributed by atoms with van der Waals surface area (Å²) >= 11 is 0. The monoisotopic (exact) mass is 413 g/mol. The highest BCUT2D eigenvalue weighted by Crippen LogP contribution is 2.21. The molecule has 0 aliphatic carbocycles. The lowest BCUT2D eigenvalue weighted by Crippen LogP contribution is -2.17. The molecule has 29 heavy (non-hydrogen) atoms. The molecule has 4 N–H and O–H groups in total. The summed E-state index contributed by atoms with van der Waals surface area (Å²) in [5.41, 5.74) is 7.20. The Kier molecular flexibility index (Phi) is 5.93. The Hall–Kier alpha value is -3.66. The zero-order valence-corrected chi connectivity index (χ0v) is 16.3. The molecule has 3 aromatic rings. The van der Waals surface area contributed by atoms with E-state index in [0.717, 1.165) is 11.8 Å². The fraction of sp³-hybridized carbons (Fsp3) is 0.105. The minimum absolute atomic E-state index is 0.170. The number of nitrogens with two attached hydrogens (primary N) is 1. The standard InChI is InChI=1S/C19H19N5O4S/c1-29(26,27)28-15-9-7-14(8-10-15)23-19-22-12-16(17(20)25)18(24-19)21-11-13-5-3-2-4-6-13/h2-10,12H,11H2,1H3,(H2,20,25)(H2,21,22,23,24). The Morgan fingerprint density at radius 2 is 1.79 bits per heavy atom. The average molecular weight is 413 g/mol. The Labute approximate surface area is 168 Å². The Morgan fingerprint density at radius 3 is 2.41 bits per heavy atom. The van der Waals surface area contributed by atoms with E-state index in [-0.39, 0.29) is 17.3 Å². The number of nitrogens with zero attached hydrogens (tertiary/aromatic N) is 2. The number of hydrogen-bond acceptors (Lipinski definition) is 8. The number of carbonyl (C=O) groups excluding carboxylic acids is 1. The highest BCUT2D eigenvalue weighted by atomic mass is 32.2. The van der Waals surface area contributed by atoms with Crippen LogP contribution in [0.2, 0.25) is 0 Å². The van der Waals surface area contributed by atoms with Crippen LogP contribution in [-0.4, -0.2) is 30.5 Å². The highest BCUT2D eigenvalue weighted by molar-refractivity contribution is 7.86. The Balaban J connectivity index is 1.76. The van der Waals surface area contributed by atoms with Crippen LogP contribution in [0.3, 0.4) is 0 Å². The minimum atomic E-state index is -3.59. The van der Waals surface area contributed by atoms with Crippen molar-refractivity contribution in [2.24, 2.45) is 5.73 Å². The SMILES string of the molecule is CS(=O)(=O)Oc1ccc(Nc2ncc(C(N)=O)c(NCc3ccccc3)n2)cc1. The molecule has 1 aromatic heterocycles. The smallest absolute Gasteiger partial charge is 0.306 e. The van der Waals surface area contributed by atoms with Gasteiger partial charge in [0.25, 0.3) is 5.91 Å². The van der Waals surface area contributed by atoms with Crippen molar-refractivity contribution in [2.75, 3.05) is 16.9 Å². The molecule has 1 amide bonds. The van der Waals surface area contributed by atoms with Crippen LogP contribution in [0.15, 0.2) is 60.8 Å². The van der Waals surface area contributed by atoms with E-state index in [4.69, 9.17) is 9.92 Å². The second-order valence-electron chi connectivity index (χ2n) is 6.10. The quantitative estimate of drug-likeness (QED) is 0.478. The average Bonchev–Trinajstić information content (AvgIpc) is 2.67. The van der Waals surface area contributed by atoms with Gasteiger partial charge in [0.2, 0.25) is 5.95 Å². The summed E-state index contributed by atoms with van der Waals surface area (Å²) in [6.45, 7) is 0.453. The van der Waals surface area contributed by atoms with Crippen LogP contribution in [0.5, 0.6) is 5.75 Å². The molecule has 0 radical (unpaired) electrons. The molecular formula is C19H19N5O4S. The fourth-order valence-electron chi connectivity index (χ4n) is 2.44. The normalized spacial score (nSPS) is 10.9. The number of amides is 1. The first kappa shape index (κ1) is 20.1. The first-order chi connectivity index (χ1) is 13.8. The van der Waals surface area contributed by atoms with Crippen molar-refractivity contribution < 1.29 is 17.4 Å². The number of nitrogens with one attached hydrogen (secondary N) is 2. The fourth-order valence-corrected chi connectivity index (χ4v) is 2.90. The molecule has 0 spiro atoms. The third kappa shape index (κ3) is 5.91. The molecule has 0 aliphatic heterocycles. The lowest BCUT2D eigenvalue weighted by Gasteiger charge is -2.12. The summed E-state index contributed by atoms with van der Waals surface area (Å²) in [4.78, 5) is 20.1. The van der Waals surface area contributed by atoms with Crippen molar-refractivity contribution in [1.82, 2.24) is 9.97 Å². The summed E-state index contributed by atoms with van der Waals surface area (Å²) < 4.78 is 27.1. The molecule has 0 saturated heterocycles. The Morgan fingerprint density at radius 1 is 1.10 bits per heavy atom. The van der Waals surface area contributed by atoms with Crippen molar-refractivity contribution in [3.63, 3.8) is 0 Å². The maximum atomic E-state index is 11.7. The van der Waals surface area contributed by atoms with Crippen molar-refractivity contribution in [3.8, 4) is 5.75 Å². The maximum Gasteiger partial charge on any atom is 0.306 e. The molecule has 0 atom stereocenters. The summed E-state index contributed by atoms with van der Waals surface area (Å²) in [5.74, 6) is 0.0841. The van der Waals surface area contributed by atoms with E-state index >= 15 is 0 Å². The van der Waals surface area contributed by atoms with Gasteiger partial charge in [-0.25, -0.2) is 4.98 Å². The lowest BCUT2D eigenvalue weighted by molar-refractivity contribution is 0.100. The van der Waals surface area contributed by atoms with Crippen LogP contribution in [0, 0.1) is 0 Å². The van der Waals surface area contributed by atoms with Crippen LogP contribution >= 0.6 is 0 Å². The van der Waals surface area contributed by atoms with Crippen LogP contribution in [0.4, 0.5) is 17.5 Å². The Bertz CT molecular complexity index is 1100. The van der Waals surface area contributed by atoms with Crippen LogP contribution in [0.1, 0.15) is 15.9 Å². The molecule has 0 saturated carbocycles. The van der Waals surface area contributed by atoms with Crippen LogP contribution < -0.4 is 20.6 Å². The number of hydrogen-bond donors (Lipinski definition) is 3. The van der Waals surface area contributed by atoms with E-state index in [1.54, 1.807) is 12.1 Å². The molecule has 3 rings (SSSR count). The van der Waals surface area contributed by atoms with Gasteiger partial charge in [0.05, 0.1) is 11.8 Å². The molecule has 150 valence electrons. The van der Waals surface area contributed by atoms with E-state index in [1.807, 2.05) is 30.3 Å². The molecule has 2 aromatic carbocycles. The number of aromatic nitrogens is 2. The number of rotatable bonds is 8. The molecule has 0 aliphatic rings. The van der Waals surface area contributed by atoms with E-state index in [1.165, 1.54) is 18.3 Å². The summed E-state index contributed by atoms with van der Waals surface area (Å²) in [5, 5.41) is 6.07. The maximum absolute atomic E-state index is 11.7. The second-order valence-corrected chi connectivity index (χ2v) is 7.67. The van der Waals surface area contributed by atoms with Gasteiger partial charge in [0.1, 0.15) is 11.6 Å². The van der Waals surface area contributed by atoms with Gasteiger partial charge in [-0.3, -0.25) is 4.79 Å². The van der Waals surface area contributed by atoms with Gasteiger partial charge in [-0.1, -0.05) is 30.3 Å². The van der Waals surface area contributed by atoms with Crippen molar-refractivity contribution in [1.29, 1.82) is 0 Å². The van der Waals surface area contributed by atoms with Gasteiger partial charge in [0.15, 0.2) is 0 Å². The predicted molar refractivity (Wildman–Crippen MR) is 110 cm³/mol. The summed E-state index contributed by atoms with van der Waals surface area (Å²) in [6, 6.07) is 15.8. The number of benzene rings is 2. The molecule has 0 bridgehead atoms. The topological polar surface area (TPSA) is 136 Å². The minimum Gasteiger partial charge on any atom is -0.383 e. The van der Waals surface area contributed by atoms with Crippen molar-refractivity contribution in [2.45, 2.75) is 6.54 Å². The van der Waals surface area contributed by atoms with Gasteiger partial charge >= 0.3 is 10.1 Å². The summed E-state index contributed by atoms with van der Waals surface area (Å²) in [7, 11) is -3.59. The van der Waals surface area contributed by atoms with Crippen LogP contribution in [-0.2, 0) is 16.7 Å². The molecule has 0 unspecified atom stereocenters. The predicted octanol–water partition coefficient (Wildman–Crippen LogP) is 2.27. The third-order valence-electron chi connectivity index (χ3n) is 3.72. The number of anilines is 3. The number of primary amides is 1. The second kappa shape index (κ2) is 8.57. The van der Waals surface area contributed by atoms with Crippen LogP contribution in [0.25, 0.3) is 0 Å². The number of carbonyl (C=O) groups is 1. The van der Waals surface area contributed by atoms with E-state index in [9.17, 15) is 13.2 Å². The van der Waals surface area contributed by atoms with Gasteiger partial charge in [-0.15, -0.1) is 0 Å². The van der Waals surface area contributed by atoms with Crippen molar-refractivity contribution >= 4 is 33.5 Å². The third-order valence-corrected chi connectivity index (χ3v) is 4.21. The van der Waals surface area contributed by atoms with E-state index in [2.05, 4.69) is 20.6 Å². The zero-order chi connectivity index (χ0) is 20.9. The van der Waals surface area contributed by atoms with Gasteiger partial charge in [-0.2, -0.15) is 13.4 Å². The lowest BCUT2D eigenvalue weighted by atomic mass is 10.2. The van der Waals surface area contributed by atoms with Gasteiger partial charge < -0.3 is 20.6 Å². The van der Waals surface area contributed by atoms with Gasteiger partial charge in [0, 0.05) is 18.4 Å². The van der Waals surface area contributed by atoms with E-state index < -0.39 is 16.0 Å². The molecule has 1 heterocycles. The first-order valence-corrected chi connectivity index (χ1v) is 10.3. The highest BCUT2D eigenvalue weighted by Gasteiger charge is 2.12.